The van der Waals surface area contributed by atoms with Crippen LogP contribution in [0.5, 0.6) is 0 Å². The van der Waals surface area contributed by atoms with Gasteiger partial charge in [-0.05, 0) is 26.0 Å². The topological polar surface area (TPSA) is 87.7 Å². The maximum Gasteiger partial charge on any atom is 0.409 e. The van der Waals surface area contributed by atoms with Crippen molar-refractivity contribution in [1.29, 1.82) is 0 Å². The number of aryl methyl sites for hydroxylation is 1. The number of aromatic nitrogens is 2. The molecule has 1 aliphatic heterocycles. The summed E-state index contributed by atoms with van der Waals surface area (Å²) >= 11 is 0. The Hall–Kier alpha value is -3.16. The first-order valence-electron chi connectivity index (χ1n) is 8.93. The zero-order valence-electron chi connectivity index (χ0n) is 15.5. The summed E-state index contributed by atoms with van der Waals surface area (Å²) in [5.41, 5.74) is 2.38. The second-order valence-electron chi connectivity index (χ2n) is 6.26. The van der Waals surface area contributed by atoms with Gasteiger partial charge in [0.2, 0.25) is 0 Å². The second-order valence-corrected chi connectivity index (χ2v) is 6.26. The lowest BCUT2D eigenvalue weighted by molar-refractivity contribution is 0.0566. The first-order chi connectivity index (χ1) is 13.1. The molecule has 0 radical (unpaired) electrons. The van der Waals surface area contributed by atoms with Crippen molar-refractivity contribution in [3.63, 3.8) is 0 Å². The minimum absolute atomic E-state index is 0.173. The highest BCUT2D eigenvalue weighted by atomic mass is 16.6. The van der Waals surface area contributed by atoms with Crippen LogP contribution in [0.4, 0.5) is 16.3 Å². The molecule has 2 aromatic rings. The number of carbonyl (C=O) groups excluding carboxylic acids is 2. The molecule has 0 unspecified atom stereocenters. The number of hydrogen-bond acceptors (Lipinski definition) is 6. The van der Waals surface area contributed by atoms with Gasteiger partial charge in [-0.15, -0.1) is 0 Å². The Labute approximate surface area is 158 Å². The van der Waals surface area contributed by atoms with Gasteiger partial charge in [-0.25, -0.2) is 14.8 Å². The number of hydrogen-bond donors (Lipinski definition) is 1. The van der Waals surface area contributed by atoms with Gasteiger partial charge >= 0.3 is 6.09 Å². The normalized spacial score (nSPS) is 14.0. The molecule has 27 heavy (non-hydrogen) atoms. The molecular weight excluding hydrogens is 346 g/mol. The molecule has 0 atom stereocenters. The summed E-state index contributed by atoms with van der Waals surface area (Å²) in [5.74, 6) is 0.384. The molecule has 0 bridgehead atoms. The van der Waals surface area contributed by atoms with Gasteiger partial charge in [0, 0.05) is 37.9 Å². The van der Waals surface area contributed by atoms with Gasteiger partial charge in [0.05, 0.1) is 6.61 Å². The molecule has 0 saturated carbocycles. The van der Waals surface area contributed by atoms with Gasteiger partial charge in [-0.1, -0.05) is 17.7 Å². The number of carbonyl (C=O) groups is 2. The number of nitrogens with one attached hydrogen (secondary N) is 1. The van der Waals surface area contributed by atoms with E-state index in [1.807, 2.05) is 31.2 Å². The average molecular weight is 369 g/mol. The second kappa shape index (κ2) is 8.48. The number of benzene rings is 1. The summed E-state index contributed by atoms with van der Waals surface area (Å²) in [6.45, 7) is 5.93. The lowest BCUT2D eigenvalue weighted by Crippen LogP contribution is -2.50. The SMILES string of the molecule is CCOC(=O)N1CCN(C(=O)c2cc(Nc3ccc(C)cc3)ncn2)CC1. The highest BCUT2D eigenvalue weighted by molar-refractivity contribution is 5.93. The summed E-state index contributed by atoms with van der Waals surface area (Å²) in [7, 11) is 0. The van der Waals surface area contributed by atoms with E-state index in [9.17, 15) is 9.59 Å². The van der Waals surface area contributed by atoms with Crippen LogP contribution < -0.4 is 5.32 Å². The van der Waals surface area contributed by atoms with Crippen LogP contribution in [0.1, 0.15) is 23.0 Å². The molecule has 1 saturated heterocycles. The predicted molar refractivity (Wildman–Crippen MR) is 101 cm³/mol. The first-order valence-corrected chi connectivity index (χ1v) is 8.93. The van der Waals surface area contributed by atoms with Crippen molar-refractivity contribution < 1.29 is 14.3 Å². The maximum atomic E-state index is 12.7. The lowest BCUT2D eigenvalue weighted by atomic mass is 10.2. The molecule has 8 nitrogen and oxygen atoms in total. The molecule has 0 spiro atoms. The molecule has 142 valence electrons. The highest BCUT2D eigenvalue weighted by Crippen LogP contribution is 2.16. The fourth-order valence-corrected chi connectivity index (χ4v) is 2.80. The Morgan fingerprint density at radius 3 is 2.41 bits per heavy atom. The zero-order valence-corrected chi connectivity index (χ0v) is 15.5. The number of rotatable bonds is 4. The Morgan fingerprint density at radius 1 is 1.07 bits per heavy atom. The van der Waals surface area contributed by atoms with Crippen molar-refractivity contribution in [1.82, 2.24) is 19.8 Å². The van der Waals surface area contributed by atoms with Crippen molar-refractivity contribution in [2.45, 2.75) is 13.8 Å². The molecule has 1 fully saturated rings. The van der Waals surface area contributed by atoms with E-state index in [4.69, 9.17) is 4.74 Å². The molecule has 1 aromatic heterocycles. The minimum Gasteiger partial charge on any atom is -0.450 e. The molecule has 1 aliphatic rings. The Bertz CT molecular complexity index is 801. The summed E-state index contributed by atoms with van der Waals surface area (Å²) in [5, 5.41) is 3.17. The minimum atomic E-state index is -0.337. The third-order valence-electron chi connectivity index (χ3n) is 4.30. The molecule has 8 heteroatoms. The largest absolute Gasteiger partial charge is 0.450 e. The van der Waals surface area contributed by atoms with Gasteiger partial charge in [-0.2, -0.15) is 0 Å². The lowest BCUT2D eigenvalue weighted by Gasteiger charge is -2.33. The first kappa shape index (κ1) is 18.6. The van der Waals surface area contributed by atoms with Crippen LogP contribution in [0.25, 0.3) is 0 Å². The summed E-state index contributed by atoms with van der Waals surface area (Å²) in [6, 6.07) is 9.54. The van der Waals surface area contributed by atoms with Crippen LogP contribution in [0.3, 0.4) is 0 Å². The van der Waals surface area contributed by atoms with Crippen LogP contribution in [0.2, 0.25) is 0 Å². The van der Waals surface area contributed by atoms with Crippen LogP contribution in [0, 0.1) is 6.92 Å². The monoisotopic (exact) mass is 369 g/mol. The summed E-state index contributed by atoms with van der Waals surface area (Å²) in [6.07, 6.45) is 1.04. The van der Waals surface area contributed by atoms with Crippen LogP contribution in [0.15, 0.2) is 36.7 Å². The zero-order chi connectivity index (χ0) is 19.2. The molecular formula is C19H23N5O3. The van der Waals surface area contributed by atoms with Crippen LogP contribution in [-0.4, -0.2) is 64.6 Å². The average Bonchev–Trinajstić information content (AvgIpc) is 2.70. The van der Waals surface area contributed by atoms with Gasteiger partial charge in [0.15, 0.2) is 0 Å². The number of amides is 2. The van der Waals surface area contributed by atoms with E-state index in [0.717, 1.165) is 5.69 Å². The van der Waals surface area contributed by atoms with Crippen molar-refractivity contribution in [2.75, 3.05) is 38.1 Å². The van der Waals surface area contributed by atoms with Crippen molar-refractivity contribution in [3.8, 4) is 0 Å². The van der Waals surface area contributed by atoms with E-state index < -0.39 is 0 Å². The summed E-state index contributed by atoms with van der Waals surface area (Å²) in [4.78, 5) is 36.1. The Morgan fingerprint density at radius 2 is 1.74 bits per heavy atom. The van der Waals surface area contributed by atoms with Gasteiger partial charge in [-0.3, -0.25) is 4.79 Å². The standard InChI is InChI=1S/C19H23N5O3/c1-3-27-19(26)24-10-8-23(9-11-24)18(25)16-12-17(21-13-20-16)22-15-6-4-14(2)5-7-15/h4-7,12-13H,3,8-11H2,1-2H3,(H,20,21,22). The molecule has 0 aliphatic carbocycles. The van der Waals surface area contributed by atoms with Crippen molar-refractivity contribution in [3.05, 3.63) is 47.9 Å². The Balaban J connectivity index is 1.62. The van der Waals surface area contributed by atoms with E-state index in [1.165, 1.54) is 11.9 Å². The quantitative estimate of drug-likeness (QED) is 0.891. The third kappa shape index (κ3) is 4.72. The van der Waals surface area contributed by atoms with E-state index >= 15 is 0 Å². The fourth-order valence-electron chi connectivity index (χ4n) is 2.80. The number of piperazine rings is 1. The Kier molecular flexibility index (Phi) is 5.85. The maximum absolute atomic E-state index is 12.7. The van der Waals surface area contributed by atoms with E-state index in [2.05, 4.69) is 15.3 Å². The van der Waals surface area contributed by atoms with E-state index in [1.54, 1.807) is 22.8 Å². The molecule has 1 N–H and O–H groups in total. The molecule has 2 heterocycles. The molecule has 3 rings (SSSR count). The van der Waals surface area contributed by atoms with Crippen molar-refractivity contribution >= 4 is 23.5 Å². The van der Waals surface area contributed by atoms with E-state index in [-0.39, 0.29) is 12.0 Å². The van der Waals surface area contributed by atoms with E-state index in [0.29, 0.717) is 44.3 Å². The third-order valence-corrected chi connectivity index (χ3v) is 4.30. The highest BCUT2D eigenvalue weighted by Gasteiger charge is 2.26. The number of nitrogens with zero attached hydrogens (tertiary/aromatic N) is 4. The van der Waals surface area contributed by atoms with Gasteiger partial charge in [0.25, 0.3) is 5.91 Å². The number of ether oxygens (including phenoxy) is 1. The fraction of sp³-hybridized carbons (Fsp3) is 0.368. The molecule has 1 aromatic carbocycles. The van der Waals surface area contributed by atoms with Crippen molar-refractivity contribution in [2.24, 2.45) is 0 Å². The van der Waals surface area contributed by atoms with Crippen LogP contribution >= 0.6 is 0 Å². The molecule has 2 amide bonds. The smallest absolute Gasteiger partial charge is 0.409 e. The number of anilines is 2. The van der Waals surface area contributed by atoms with Gasteiger partial charge < -0.3 is 19.9 Å². The van der Waals surface area contributed by atoms with Crippen LogP contribution in [-0.2, 0) is 4.74 Å². The van der Waals surface area contributed by atoms with Gasteiger partial charge in [0.1, 0.15) is 17.8 Å². The predicted octanol–water partition coefficient (Wildman–Crippen LogP) is 2.44. The summed E-state index contributed by atoms with van der Waals surface area (Å²) < 4.78 is 5.00.